The van der Waals surface area contributed by atoms with Gasteiger partial charge in [-0.3, -0.25) is 0 Å². The summed E-state index contributed by atoms with van der Waals surface area (Å²) in [5.74, 6) is -1.37. The zero-order valence-corrected chi connectivity index (χ0v) is 8.85. The number of aromatic carboxylic acids is 1. The van der Waals surface area contributed by atoms with Crippen LogP contribution < -0.4 is 0 Å². The van der Waals surface area contributed by atoms with Crippen molar-refractivity contribution >= 4 is 29.2 Å². The molecule has 0 aliphatic rings. The minimum atomic E-state index is -1.11. The van der Waals surface area contributed by atoms with Crippen LogP contribution >= 0.6 is 23.2 Å². The molecule has 0 saturated heterocycles. The van der Waals surface area contributed by atoms with Gasteiger partial charge < -0.3 is 10.2 Å². The number of phenols is 1. The molecule has 3 nitrogen and oxygen atoms in total. The number of rotatable bonds is 2. The van der Waals surface area contributed by atoms with Gasteiger partial charge in [0.05, 0.1) is 15.6 Å². The summed E-state index contributed by atoms with van der Waals surface area (Å²) in [6.45, 7) is 1.75. The Hall–Kier alpha value is -0.930. The zero-order chi connectivity index (χ0) is 10.9. The molecule has 0 aliphatic carbocycles. The van der Waals surface area contributed by atoms with Gasteiger partial charge in [-0.1, -0.05) is 30.1 Å². The van der Waals surface area contributed by atoms with Crippen molar-refractivity contribution in [3.8, 4) is 5.75 Å². The van der Waals surface area contributed by atoms with E-state index in [2.05, 4.69) is 0 Å². The van der Waals surface area contributed by atoms with E-state index in [0.29, 0.717) is 12.0 Å². The molecule has 5 heteroatoms. The zero-order valence-electron chi connectivity index (χ0n) is 7.34. The van der Waals surface area contributed by atoms with Crippen LogP contribution in [0.5, 0.6) is 5.75 Å². The van der Waals surface area contributed by atoms with Crippen molar-refractivity contribution in [3.63, 3.8) is 0 Å². The van der Waals surface area contributed by atoms with Crippen LogP contribution in [0, 0.1) is 0 Å². The largest absolute Gasteiger partial charge is 0.505 e. The highest BCUT2D eigenvalue weighted by atomic mass is 35.5. The van der Waals surface area contributed by atoms with Crippen molar-refractivity contribution < 1.29 is 15.0 Å². The minimum Gasteiger partial charge on any atom is -0.505 e. The predicted molar refractivity (Wildman–Crippen MR) is 54.5 cm³/mol. The summed E-state index contributed by atoms with van der Waals surface area (Å²) < 4.78 is 0. The maximum Gasteiger partial charge on any atom is 0.336 e. The Morgan fingerprint density at radius 3 is 2.50 bits per heavy atom. The second-order valence-electron chi connectivity index (χ2n) is 2.71. The maximum atomic E-state index is 10.8. The Morgan fingerprint density at radius 1 is 1.50 bits per heavy atom. The standard InChI is InChI=1S/C9H8Cl2O3/c1-2-4-5(9(13)14)3-6(10)8(12)7(4)11/h3,12H,2H2,1H3,(H,13,14). The first-order valence-electron chi connectivity index (χ1n) is 3.92. The highest BCUT2D eigenvalue weighted by molar-refractivity contribution is 6.38. The molecule has 14 heavy (non-hydrogen) atoms. The second kappa shape index (κ2) is 4.07. The molecule has 1 rings (SSSR count). The quantitative estimate of drug-likeness (QED) is 0.828. The number of carboxylic acids is 1. The average molecular weight is 235 g/mol. The van der Waals surface area contributed by atoms with Crippen molar-refractivity contribution in [3.05, 3.63) is 27.2 Å². The molecule has 0 radical (unpaired) electrons. The Kier molecular flexibility index (Phi) is 3.24. The van der Waals surface area contributed by atoms with E-state index >= 15 is 0 Å². The molecule has 0 amide bonds. The normalized spacial score (nSPS) is 10.2. The van der Waals surface area contributed by atoms with E-state index in [1.54, 1.807) is 6.92 Å². The van der Waals surface area contributed by atoms with Crippen LogP contribution in [0.4, 0.5) is 0 Å². The molecule has 0 heterocycles. The summed E-state index contributed by atoms with van der Waals surface area (Å²) in [5, 5.41) is 18.2. The first kappa shape index (κ1) is 11.1. The van der Waals surface area contributed by atoms with Crippen LogP contribution in [-0.2, 0) is 6.42 Å². The first-order valence-corrected chi connectivity index (χ1v) is 4.67. The summed E-state index contributed by atoms with van der Waals surface area (Å²) in [6, 6.07) is 1.20. The van der Waals surface area contributed by atoms with E-state index in [9.17, 15) is 9.90 Å². The topological polar surface area (TPSA) is 57.5 Å². The Labute approximate surface area is 90.9 Å². The molecule has 0 aliphatic heterocycles. The van der Waals surface area contributed by atoms with Crippen LogP contribution in [0.1, 0.15) is 22.8 Å². The van der Waals surface area contributed by atoms with E-state index in [-0.39, 0.29) is 21.4 Å². The van der Waals surface area contributed by atoms with Crippen molar-refractivity contribution in [2.75, 3.05) is 0 Å². The smallest absolute Gasteiger partial charge is 0.336 e. The molecule has 0 unspecified atom stereocenters. The fraction of sp³-hybridized carbons (Fsp3) is 0.222. The summed E-state index contributed by atoms with van der Waals surface area (Å²) in [7, 11) is 0. The molecule has 0 fully saturated rings. The van der Waals surface area contributed by atoms with Gasteiger partial charge in [0.2, 0.25) is 0 Å². The van der Waals surface area contributed by atoms with E-state index in [4.69, 9.17) is 28.3 Å². The van der Waals surface area contributed by atoms with Crippen molar-refractivity contribution in [2.24, 2.45) is 0 Å². The Bertz CT molecular complexity index is 388. The van der Waals surface area contributed by atoms with Gasteiger partial charge in [0.15, 0.2) is 5.75 Å². The number of aromatic hydroxyl groups is 1. The molecule has 0 bridgehead atoms. The lowest BCUT2D eigenvalue weighted by atomic mass is 10.0. The molecular weight excluding hydrogens is 227 g/mol. The lowest BCUT2D eigenvalue weighted by Gasteiger charge is -2.09. The molecule has 0 aromatic heterocycles. The van der Waals surface area contributed by atoms with Gasteiger partial charge in [0, 0.05) is 0 Å². The number of benzene rings is 1. The van der Waals surface area contributed by atoms with Gasteiger partial charge in [-0.2, -0.15) is 0 Å². The number of hydrogen-bond donors (Lipinski definition) is 2. The number of phenolic OH excluding ortho intramolecular Hbond substituents is 1. The molecule has 0 atom stereocenters. The molecule has 0 spiro atoms. The predicted octanol–water partition coefficient (Wildman–Crippen LogP) is 2.96. The highest BCUT2D eigenvalue weighted by Gasteiger charge is 2.17. The number of carbonyl (C=O) groups is 1. The fourth-order valence-corrected chi connectivity index (χ4v) is 1.77. The van der Waals surface area contributed by atoms with Crippen LogP contribution in [0.25, 0.3) is 0 Å². The van der Waals surface area contributed by atoms with Crippen molar-refractivity contribution in [1.82, 2.24) is 0 Å². The summed E-state index contributed by atoms with van der Waals surface area (Å²) in [5.41, 5.74) is 0.418. The van der Waals surface area contributed by atoms with Crippen molar-refractivity contribution in [2.45, 2.75) is 13.3 Å². The third kappa shape index (κ3) is 1.79. The van der Waals surface area contributed by atoms with Crippen LogP contribution in [0.2, 0.25) is 10.0 Å². The lowest BCUT2D eigenvalue weighted by Crippen LogP contribution is -2.02. The number of carboxylic acid groups (broad SMARTS) is 1. The molecule has 1 aromatic rings. The van der Waals surface area contributed by atoms with E-state index in [1.807, 2.05) is 0 Å². The van der Waals surface area contributed by atoms with E-state index < -0.39 is 5.97 Å². The first-order chi connectivity index (χ1) is 6.49. The van der Waals surface area contributed by atoms with Crippen molar-refractivity contribution in [1.29, 1.82) is 0 Å². The molecule has 2 N–H and O–H groups in total. The highest BCUT2D eigenvalue weighted by Crippen LogP contribution is 2.36. The average Bonchev–Trinajstić information content (AvgIpc) is 2.13. The number of halogens is 2. The molecular formula is C9H8Cl2O3. The monoisotopic (exact) mass is 234 g/mol. The molecule has 76 valence electrons. The van der Waals surface area contributed by atoms with Gasteiger partial charge in [0.25, 0.3) is 0 Å². The van der Waals surface area contributed by atoms with Gasteiger partial charge in [-0.25, -0.2) is 4.79 Å². The maximum absolute atomic E-state index is 10.8. The summed E-state index contributed by atoms with van der Waals surface area (Å²) in [4.78, 5) is 10.8. The summed E-state index contributed by atoms with van der Waals surface area (Å²) in [6.07, 6.45) is 0.422. The van der Waals surface area contributed by atoms with Crippen LogP contribution in [0.3, 0.4) is 0 Å². The van der Waals surface area contributed by atoms with Gasteiger partial charge in [-0.15, -0.1) is 0 Å². The van der Waals surface area contributed by atoms with Gasteiger partial charge in [0.1, 0.15) is 0 Å². The Balaban J connectivity index is 3.51. The summed E-state index contributed by atoms with van der Waals surface area (Å²) >= 11 is 11.3. The number of hydrogen-bond acceptors (Lipinski definition) is 2. The van der Waals surface area contributed by atoms with E-state index in [1.165, 1.54) is 6.07 Å². The SMILES string of the molecule is CCc1c(C(=O)O)cc(Cl)c(O)c1Cl. The van der Waals surface area contributed by atoms with Crippen LogP contribution in [-0.4, -0.2) is 16.2 Å². The van der Waals surface area contributed by atoms with Crippen LogP contribution in [0.15, 0.2) is 6.07 Å². The minimum absolute atomic E-state index is 0.0115. The Morgan fingerprint density at radius 2 is 2.07 bits per heavy atom. The molecule has 1 aromatic carbocycles. The second-order valence-corrected chi connectivity index (χ2v) is 3.49. The van der Waals surface area contributed by atoms with Gasteiger partial charge >= 0.3 is 5.97 Å². The lowest BCUT2D eigenvalue weighted by molar-refractivity contribution is 0.0695. The van der Waals surface area contributed by atoms with E-state index in [0.717, 1.165) is 0 Å². The third-order valence-electron chi connectivity index (χ3n) is 1.88. The van der Waals surface area contributed by atoms with Gasteiger partial charge in [-0.05, 0) is 18.1 Å². The molecule has 0 saturated carbocycles. The third-order valence-corrected chi connectivity index (χ3v) is 2.57. The fourth-order valence-electron chi connectivity index (χ4n) is 1.18.